The molecule has 5 rings (SSSR count). The van der Waals surface area contributed by atoms with Gasteiger partial charge in [-0.25, -0.2) is 9.97 Å². The van der Waals surface area contributed by atoms with Crippen molar-refractivity contribution in [3.8, 4) is 17.3 Å². The van der Waals surface area contributed by atoms with E-state index < -0.39 is 0 Å². The van der Waals surface area contributed by atoms with Crippen LogP contribution in [-0.4, -0.2) is 41.6 Å². The van der Waals surface area contributed by atoms with E-state index in [0.29, 0.717) is 34.7 Å². The summed E-state index contributed by atoms with van der Waals surface area (Å²) in [7, 11) is 3.42. The summed E-state index contributed by atoms with van der Waals surface area (Å²) in [6, 6.07) is 11.6. The smallest absolute Gasteiger partial charge is 0.183 e. The summed E-state index contributed by atoms with van der Waals surface area (Å²) in [5, 5.41) is 14.0. The maximum absolute atomic E-state index is 6.33. The maximum Gasteiger partial charge on any atom is 0.183 e. The van der Waals surface area contributed by atoms with Crippen LogP contribution in [0.1, 0.15) is 5.69 Å². The van der Waals surface area contributed by atoms with Crippen LogP contribution in [0, 0.1) is 0 Å². The van der Waals surface area contributed by atoms with Gasteiger partial charge in [-0.2, -0.15) is 10.2 Å². The monoisotopic (exact) mass is 446 g/mol. The minimum absolute atomic E-state index is 0.429. The number of aromatic nitrogens is 7. The Bertz CT molecular complexity index is 1400. The van der Waals surface area contributed by atoms with Gasteiger partial charge in [0.15, 0.2) is 17.4 Å². The van der Waals surface area contributed by atoms with Crippen molar-refractivity contribution in [2.45, 2.75) is 6.54 Å². The number of hydrogen-bond acceptors (Lipinski definition) is 7. The summed E-state index contributed by atoms with van der Waals surface area (Å²) < 4.78 is 8.99. The molecule has 0 spiro atoms. The number of aryl methyl sites for hydroxylation is 1. The molecule has 0 atom stereocenters. The Morgan fingerprint density at radius 3 is 2.66 bits per heavy atom. The Hall–Kier alpha value is -3.98. The quantitative estimate of drug-likeness (QED) is 0.420. The predicted molar refractivity (Wildman–Crippen MR) is 122 cm³/mol. The Labute approximate surface area is 188 Å². The van der Waals surface area contributed by atoms with Crippen molar-refractivity contribution >= 4 is 34.0 Å². The average Bonchev–Trinajstić information content (AvgIpc) is 3.33. The second-order valence-electron chi connectivity index (χ2n) is 7.09. The summed E-state index contributed by atoms with van der Waals surface area (Å²) in [5.41, 5.74) is 3.17. The lowest BCUT2D eigenvalue weighted by Gasteiger charge is -2.10. The van der Waals surface area contributed by atoms with Crippen molar-refractivity contribution in [3.63, 3.8) is 0 Å². The van der Waals surface area contributed by atoms with Gasteiger partial charge in [0.05, 0.1) is 30.4 Å². The van der Waals surface area contributed by atoms with Crippen LogP contribution in [0.5, 0.6) is 5.75 Å². The first kappa shape index (κ1) is 20.0. The van der Waals surface area contributed by atoms with Crippen LogP contribution in [0.25, 0.3) is 22.4 Å². The van der Waals surface area contributed by atoms with Crippen molar-refractivity contribution in [3.05, 3.63) is 71.9 Å². The number of ether oxygens (including phenoxy) is 1. The van der Waals surface area contributed by atoms with Gasteiger partial charge in [0.2, 0.25) is 0 Å². The third-order valence-electron chi connectivity index (χ3n) is 4.94. The van der Waals surface area contributed by atoms with Gasteiger partial charge in [0.25, 0.3) is 0 Å². The highest BCUT2D eigenvalue weighted by Crippen LogP contribution is 2.31. The number of rotatable bonds is 6. The summed E-state index contributed by atoms with van der Waals surface area (Å²) >= 11 is 6.33. The van der Waals surface area contributed by atoms with Crippen molar-refractivity contribution < 1.29 is 4.74 Å². The highest BCUT2D eigenvalue weighted by atomic mass is 35.5. The molecular weight excluding hydrogens is 428 g/mol. The zero-order valence-electron chi connectivity index (χ0n) is 17.4. The molecule has 0 radical (unpaired) electrons. The second kappa shape index (κ2) is 8.27. The maximum atomic E-state index is 6.33. The van der Waals surface area contributed by atoms with Crippen molar-refractivity contribution in [1.82, 2.24) is 34.5 Å². The molecule has 0 fully saturated rings. The van der Waals surface area contributed by atoms with Crippen LogP contribution in [0.4, 0.5) is 11.5 Å². The molecule has 160 valence electrons. The molecule has 0 bridgehead atoms. The molecule has 9 nitrogen and oxygen atoms in total. The molecule has 0 amide bonds. The van der Waals surface area contributed by atoms with E-state index in [1.165, 1.54) is 0 Å². The molecule has 0 aliphatic heterocycles. The molecular formula is C22H19ClN8O. The standard InChI is InChI=1S/C22H19ClN8O/c1-30-12-16(23)17(28-30)13-31-18-6-4-3-5-15(18)20(29-31)22-25-11-19(32-2)21(27-22)26-14-7-9-24-10-8-14/h3-12H,13H2,1-2H3,(H,24,25,26,27). The van der Waals surface area contributed by atoms with Crippen molar-refractivity contribution in [2.24, 2.45) is 7.05 Å². The SMILES string of the molecule is COc1cnc(-c2nn(Cc3nn(C)cc3Cl)c3ccccc23)nc1Nc1ccncc1. The largest absolute Gasteiger partial charge is 0.491 e. The number of fused-ring (bicyclic) bond motifs is 1. The number of methoxy groups -OCH3 is 1. The van der Waals surface area contributed by atoms with Crippen molar-refractivity contribution in [1.29, 1.82) is 0 Å². The lowest BCUT2D eigenvalue weighted by Crippen LogP contribution is -2.04. The number of benzene rings is 1. The molecule has 32 heavy (non-hydrogen) atoms. The van der Waals surface area contributed by atoms with Gasteiger partial charge < -0.3 is 10.1 Å². The first-order chi connectivity index (χ1) is 15.6. The highest BCUT2D eigenvalue weighted by molar-refractivity contribution is 6.31. The summed E-state index contributed by atoms with van der Waals surface area (Å²) in [5.74, 6) is 1.54. The zero-order chi connectivity index (χ0) is 22.1. The fourth-order valence-electron chi connectivity index (χ4n) is 3.46. The number of anilines is 2. The summed E-state index contributed by atoms with van der Waals surface area (Å²) in [6.45, 7) is 0.429. The number of nitrogens with one attached hydrogen (secondary N) is 1. The molecule has 10 heteroatoms. The van der Waals surface area contributed by atoms with E-state index in [4.69, 9.17) is 26.4 Å². The number of hydrogen-bond donors (Lipinski definition) is 1. The first-order valence-corrected chi connectivity index (χ1v) is 10.2. The van der Waals surface area contributed by atoms with Crippen LogP contribution >= 0.6 is 11.6 Å². The van der Waals surface area contributed by atoms with E-state index in [1.54, 1.807) is 36.6 Å². The number of halogens is 1. The Balaban J connectivity index is 1.59. The van der Waals surface area contributed by atoms with Crippen LogP contribution < -0.4 is 10.1 Å². The third-order valence-corrected chi connectivity index (χ3v) is 5.26. The van der Waals surface area contributed by atoms with E-state index in [9.17, 15) is 0 Å². The molecule has 4 heterocycles. The fraction of sp³-hybridized carbons (Fsp3) is 0.136. The van der Waals surface area contributed by atoms with Gasteiger partial charge in [-0.3, -0.25) is 14.3 Å². The number of nitrogens with zero attached hydrogens (tertiary/aromatic N) is 7. The molecule has 1 N–H and O–H groups in total. The number of pyridine rings is 1. The minimum atomic E-state index is 0.429. The molecule has 0 unspecified atom stereocenters. The molecule has 0 saturated carbocycles. The molecule has 0 aliphatic rings. The third kappa shape index (κ3) is 3.74. The Morgan fingerprint density at radius 1 is 1.09 bits per heavy atom. The lowest BCUT2D eigenvalue weighted by molar-refractivity contribution is 0.413. The van der Waals surface area contributed by atoms with Gasteiger partial charge in [-0.05, 0) is 18.2 Å². The Morgan fingerprint density at radius 2 is 1.91 bits per heavy atom. The normalized spacial score (nSPS) is 11.1. The number of para-hydroxylation sites is 1. The van der Waals surface area contributed by atoms with Gasteiger partial charge in [-0.15, -0.1) is 0 Å². The topological polar surface area (TPSA) is 95.6 Å². The molecule has 0 saturated heterocycles. The van der Waals surface area contributed by atoms with Gasteiger partial charge in [-0.1, -0.05) is 29.8 Å². The van der Waals surface area contributed by atoms with E-state index >= 15 is 0 Å². The predicted octanol–water partition coefficient (Wildman–Crippen LogP) is 4.08. The van der Waals surface area contributed by atoms with Gasteiger partial charge >= 0.3 is 0 Å². The highest BCUT2D eigenvalue weighted by Gasteiger charge is 2.18. The molecule has 5 aromatic rings. The van der Waals surface area contributed by atoms with E-state index in [0.717, 1.165) is 22.3 Å². The Kier molecular flexibility index (Phi) is 5.16. The van der Waals surface area contributed by atoms with Gasteiger partial charge in [0.1, 0.15) is 11.4 Å². The second-order valence-corrected chi connectivity index (χ2v) is 7.50. The van der Waals surface area contributed by atoms with Crippen molar-refractivity contribution in [2.75, 3.05) is 12.4 Å². The van der Waals surface area contributed by atoms with E-state index in [1.807, 2.05) is 48.1 Å². The first-order valence-electron chi connectivity index (χ1n) is 9.84. The molecule has 1 aromatic carbocycles. The molecule has 0 aliphatic carbocycles. The van der Waals surface area contributed by atoms with E-state index in [2.05, 4.69) is 20.4 Å². The summed E-state index contributed by atoms with van der Waals surface area (Å²) in [4.78, 5) is 13.3. The lowest BCUT2D eigenvalue weighted by atomic mass is 10.2. The molecule has 4 aromatic heterocycles. The van der Waals surface area contributed by atoms with E-state index in [-0.39, 0.29) is 0 Å². The zero-order valence-corrected chi connectivity index (χ0v) is 18.2. The fourth-order valence-corrected chi connectivity index (χ4v) is 3.70. The van der Waals surface area contributed by atoms with Crippen LogP contribution in [-0.2, 0) is 13.6 Å². The minimum Gasteiger partial charge on any atom is -0.491 e. The van der Waals surface area contributed by atoms with Crippen LogP contribution in [0.3, 0.4) is 0 Å². The van der Waals surface area contributed by atoms with Crippen LogP contribution in [0.15, 0.2) is 61.2 Å². The van der Waals surface area contributed by atoms with Gasteiger partial charge in [0, 0.05) is 36.7 Å². The average molecular weight is 447 g/mol. The summed E-state index contributed by atoms with van der Waals surface area (Å²) in [6.07, 6.45) is 6.81. The van der Waals surface area contributed by atoms with Crippen LogP contribution in [0.2, 0.25) is 5.02 Å².